The fourth-order valence-electron chi connectivity index (χ4n) is 2.18. The van der Waals surface area contributed by atoms with Gasteiger partial charge >= 0.3 is 5.97 Å². The number of hydrogen-bond acceptors (Lipinski definition) is 8. The van der Waals surface area contributed by atoms with Crippen molar-refractivity contribution in [2.45, 2.75) is 13.2 Å². The Kier molecular flexibility index (Phi) is 4.29. The minimum atomic E-state index is -0.711. The molecule has 9 heteroatoms. The van der Waals surface area contributed by atoms with Crippen molar-refractivity contribution in [3.63, 3.8) is 0 Å². The Morgan fingerprint density at radius 2 is 2.17 bits per heavy atom. The monoisotopic (exact) mass is 323 g/mol. The van der Waals surface area contributed by atoms with E-state index in [1.807, 2.05) is 0 Å². The number of benzene rings is 1. The minimum absolute atomic E-state index is 0.0356. The van der Waals surface area contributed by atoms with Crippen molar-refractivity contribution in [2.24, 2.45) is 0 Å². The summed E-state index contributed by atoms with van der Waals surface area (Å²) in [5.74, 6) is -0.318. The Balaban J connectivity index is 1.78. The molecule has 1 aromatic rings. The SMILES string of the molecule is O=C(OCc1cc([N+](=O)[O-])cc2c1OCOC2)C1=COCCO1. The van der Waals surface area contributed by atoms with E-state index in [4.69, 9.17) is 23.7 Å². The molecule has 0 atom stereocenters. The van der Waals surface area contributed by atoms with Crippen LogP contribution in [0.15, 0.2) is 24.2 Å². The smallest absolute Gasteiger partial charge is 0.377 e. The summed E-state index contributed by atoms with van der Waals surface area (Å²) in [6.45, 7) is 0.661. The lowest BCUT2D eigenvalue weighted by atomic mass is 10.1. The number of nitro benzene ring substituents is 1. The maximum Gasteiger partial charge on any atom is 0.377 e. The summed E-state index contributed by atoms with van der Waals surface area (Å²) in [5.41, 5.74) is 0.802. The van der Waals surface area contributed by atoms with Crippen LogP contribution in [0.25, 0.3) is 0 Å². The Morgan fingerprint density at radius 3 is 2.91 bits per heavy atom. The van der Waals surface area contributed by atoms with Crippen LogP contribution in [-0.4, -0.2) is 30.9 Å². The second kappa shape index (κ2) is 6.53. The molecule has 0 radical (unpaired) electrons. The molecule has 3 rings (SSSR count). The first kappa shape index (κ1) is 15.1. The van der Waals surface area contributed by atoms with Crippen LogP contribution in [0, 0.1) is 10.1 Å². The van der Waals surface area contributed by atoms with Gasteiger partial charge in [0.05, 0.1) is 11.5 Å². The molecule has 2 aliphatic rings. The number of non-ortho nitro benzene ring substituents is 1. The van der Waals surface area contributed by atoms with E-state index in [-0.39, 0.29) is 38.1 Å². The highest BCUT2D eigenvalue weighted by Gasteiger charge is 2.23. The van der Waals surface area contributed by atoms with Gasteiger partial charge in [-0.25, -0.2) is 4.79 Å². The molecule has 0 amide bonds. The maximum atomic E-state index is 11.9. The summed E-state index contributed by atoms with van der Waals surface area (Å²) in [4.78, 5) is 22.3. The molecule has 0 saturated carbocycles. The van der Waals surface area contributed by atoms with Crippen LogP contribution in [0.2, 0.25) is 0 Å². The number of nitro groups is 1. The molecule has 0 spiro atoms. The molecule has 1 aromatic carbocycles. The van der Waals surface area contributed by atoms with Crippen molar-refractivity contribution in [1.29, 1.82) is 0 Å². The summed E-state index contributed by atoms with van der Waals surface area (Å²) in [7, 11) is 0. The van der Waals surface area contributed by atoms with Gasteiger partial charge in [0, 0.05) is 23.3 Å². The van der Waals surface area contributed by atoms with Crippen molar-refractivity contribution in [2.75, 3.05) is 20.0 Å². The number of carbonyl (C=O) groups is 1. The van der Waals surface area contributed by atoms with E-state index >= 15 is 0 Å². The molecule has 2 aliphatic heterocycles. The number of ether oxygens (including phenoxy) is 5. The minimum Gasteiger partial charge on any atom is -0.493 e. The highest BCUT2D eigenvalue weighted by atomic mass is 16.7. The predicted octanol–water partition coefficient (Wildman–Crippen LogP) is 1.39. The zero-order chi connectivity index (χ0) is 16.2. The number of nitrogens with zero attached hydrogens (tertiary/aromatic N) is 1. The zero-order valence-corrected chi connectivity index (χ0v) is 12.0. The van der Waals surface area contributed by atoms with E-state index in [1.54, 1.807) is 0 Å². The van der Waals surface area contributed by atoms with Crippen LogP contribution in [0.1, 0.15) is 11.1 Å². The van der Waals surface area contributed by atoms with E-state index in [2.05, 4.69) is 0 Å². The van der Waals surface area contributed by atoms with Crippen LogP contribution in [0.5, 0.6) is 5.75 Å². The molecule has 2 heterocycles. The topological polar surface area (TPSA) is 106 Å². The lowest BCUT2D eigenvalue weighted by Gasteiger charge is -2.20. The molecule has 0 aliphatic carbocycles. The second-order valence-electron chi connectivity index (χ2n) is 4.74. The fourth-order valence-corrected chi connectivity index (χ4v) is 2.18. The summed E-state index contributed by atoms with van der Waals surface area (Å²) in [5, 5.41) is 11.0. The van der Waals surface area contributed by atoms with Crippen molar-refractivity contribution < 1.29 is 33.4 Å². The first-order valence-electron chi connectivity index (χ1n) is 6.77. The molecule has 9 nitrogen and oxygen atoms in total. The fraction of sp³-hybridized carbons (Fsp3) is 0.357. The van der Waals surface area contributed by atoms with Gasteiger partial charge < -0.3 is 23.7 Å². The summed E-state index contributed by atoms with van der Waals surface area (Å²) < 4.78 is 25.7. The third kappa shape index (κ3) is 3.34. The van der Waals surface area contributed by atoms with Crippen LogP contribution in [0.3, 0.4) is 0 Å². The van der Waals surface area contributed by atoms with Gasteiger partial charge in [0.1, 0.15) is 31.8 Å². The lowest BCUT2D eigenvalue weighted by molar-refractivity contribution is -0.385. The molecule has 0 aromatic heterocycles. The molecule has 122 valence electrons. The van der Waals surface area contributed by atoms with Gasteiger partial charge in [-0.2, -0.15) is 0 Å². The molecule has 0 bridgehead atoms. The molecule has 0 unspecified atom stereocenters. The Morgan fingerprint density at radius 1 is 1.30 bits per heavy atom. The van der Waals surface area contributed by atoms with Crippen LogP contribution < -0.4 is 4.74 Å². The third-order valence-corrected chi connectivity index (χ3v) is 3.19. The normalized spacial score (nSPS) is 16.1. The summed E-state index contributed by atoms with van der Waals surface area (Å²) in [6.07, 6.45) is 1.18. The molecule has 0 saturated heterocycles. The van der Waals surface area contributed by atoms with Gasteiger partial charge in [0.2, 0.25) is 5.76 Å². The number of fused-ring (bicyclic) bond motifs is 1. The number of hydrogen-bond donors (Lipinski definition) is 0. The summed E-state index contributed by atoms with van der Waals surface area (Å²) in [6, 6.07) is 2.68. The molecule has 0 fully saturated rings. The van der Waals surface area contributed by atoms with E-state index in [0.717, 1.165) is 0 Å². The molecular formula is C14H13NO8. The first-order chi connectivity index (χ1) is 11.1. The van der Waals surface area contributed by atoms with Gasteiger partial charge in [-0.15, -0.1) is 0 Å². The van der Waals surface area contributed by atoms with Gasteiger partial charge in [-0.1, -0.05) is 0 Å². The highest BCUT2D eigenvalue weighted by Crippen LogP contribution is 2.33. The van der Waals surface area contributed by atoms with E-state index in [0.29, 0.717) is 23.5 Å². The lowest BCUT2D eigenvalue weighted by Crippen LogP contribution is -2.18. The van der Waals surface area contributed by atoms with E-state index < -0.39 is 10.9 Å². The number of esters is 1. The highest BCUT2D eigenvalue weighted by molar-refractivity contribution is 5.86. The molecular weight excluding hydrogens is 310 g/mol. The quantitative estimate of drug-likeness (QED) is 0.465. The molecule has 23 heavy (non-hydrogen) atoms. The van der Waals surface area contributed by atoms with Gasteiger partial charge in [0.25, 0.3) is 5.69 Å². The maximum absolute atomic E-state index is 11.9. The van der Waals surface area contributed by atoms with Crippen molar-refractivity contribution in [3.05, 3.63) is 45.4 Å². The van der Waals surface area contributed by atoms with Crippen LogP contribution >= 0.6 is 0 Å². The number of carbonyl (C=O) groups excluding carboxylic acids is 1. The van der Waals surface area contributed by atoms with Crippen molar-refractivity contribution in [3.8, 4) is 5.75 Å². The standard InChI is InChI=1S/C14H13NO8/c16-14(12-7-19-1-2-21-12)22-6-10-4-11(15(17)18)3-9-5-20-8-23-13(9)10/h3-4,7H,1-2,5-6,8H2. The Bertz CT molecular complexity index is 669. The zero-order valence-electron chi connectivity index (χ0n) is 12.0. The predicted molar refractivity (Wildman–Crippen MR) is 73.2 cm³/mol. The third-order valence-electron chi connectivity index (χ3n) is 3.19. The van der Waals surface area contributed by atoms with Crippen molar-refractivity contribution in [1.82, 2.24) is 0 Å². The van der Waals surface area contributed by atoms with Crippen LogP contribution in [0.4, 0.5) is 5.69 Å². The molecule has 0 N–H and O–H groups in total. The van der Waals surface area contributed by atoms with Crippen molar-refractivity contribution >= 4 is 11.7 Å². The van der Waals surface area contributed by atoms with E-state index in [9.17, 15) is 14.9 Å². The average molecular weight is 323 g/mol. The second-order valence-corrected chi connectivity index (χ2v) is 4.74. The van der Waals surface area contributed by atoms with Gasteiger partial charge in [-0.05, 0) is 0 Å². The largest absolute Gasteiger partial charge is 0.493 e. The Hall–Kier alpha value is -2.81. The van der Waals surface area contributed by atoms with E-state index in [1.165, 1.54) is 18.4 Å². The van der Waals surface area contributed by atoms with Gasteiger partial charge in [-0.3, -0.25) is 10.1 Å². The van der Waals surface area contributed by atoms with Crippen LogP contribution in [-0.2, 0) is 37.0 Å². The summed E-state index contributed by atoms with van der Waals surface area (Å²) >= 11 is 0. The number of rotatable bonds is 4. The average Bonchev–Trinajstić information content (AvgIpc) is 2.59. The first-order valence-corrected chi connectivity index (χ1v) is 6.77. The Labute approximate surface area is 130 Å². The van der Waals surface area contributed by atoms with Gasteiger partial charge in [0.15, 0.2) is 6.79 Å².